The Kier molecular flexibility index (Phi) is 14.3. The van der Waals surface area contributed by atoms with E-state index >= 15 is 0 Å². The van der Waals surface area contributed by atoms with Gasteiger partial charge in [-0.05, 0) is 29.2 Å². The van der Waals surface area contributed by atoms with Crippen LogP contribution in [0.25, 0.3) is 17.2 Å². The van der Waals surface area contributed by atoms with E-state index in [0.29, 0.717) is 5.92 Å². The minimum absolute atomic E-state index is 0. The van der Waals surface area contributed by atoms with Crippen LogP contribution in [0.15, 0.2) is 71.8 Å². The zero-order chi connectivity index (χ0) is 16.2. The van der Waals surface area contributed by atoms with Crippen molar-refractivity contribution >= 4 is 37.8 Å². The standard InChI is InChI=1S/C21H17.2CH3.2ClH.Si.Zr/c1-15-14-20-18(16-8-3-2-4-9-16)12-7-13-19(20)21(15)17-10-5-6-11-17;;;;;;/h2-9,12-14,21H,10H2,1H3;2*1H3;2*1H;;/q3*-1;;;;. The van der Waals surface area contributed by atoms with Gasteiger partial charge in [-0.3, -0.25) is 6.08 Å². The predicted molar refractivity (Wildman–Crippen MR) is 122 cm³/mol. The summed E-state index contributed by atoms with van der Waals surface area (Å²) < 4.78 is 0. The van der Waals surface area contributed by atoms with Crippen LogP contribution in [-0.4, -0.2) is 6.88 Å². The van der Waals surface area contributed by atoms with Crippen LogP contribution in [0.4, 0.5) is 0 Å². The van der Waals surface area contributed by atoms with Crippen molar-refractivity contribution in [2.24, 2.45) is 0 Å². The molecule has 2 aliphatic rings. The molecule has 1 unspecified atom stereocenters. The normalized spacial score (nSPS) is 15.2. The summed E-state index contributed by atoms with van der Waals surface area (Å²) in [6.45, 7) is 5.30. The predicted octanol–water partition coefficient (Wildman–Crippen LogP) is 6.90. The molecule has 0 aromatic heterocycles. The molecule has 0 aliphatic heterocycles. The SMILES string of the molecule is CC1=Cc2c(-c3ccccc3)cccc2C1C1=[C-]C=CC1.Cl.Cl.[CH3-].[CH3-].[Si]=[Zr]. The van der Waals surface area contributed by atoms with Crippen LogP contribution in [0, 0.1) is 20.9 Å². The molecular weight excluding hydrogens is 466 g/mol. The molecule has 142 valence electrons. The van der Waals surface area contributed by atoms with Gasteiger partial charge in [0.2, 0.25) is 0 Å². The Labute approximate surface area is 194 Å². The fourth-order valence-electron chi connectivity index (χ4n) is 3.50. The van der Waals surface area contributed by atoms with Crippen molar-refractivity contribution in [2.45, 2.75) is 19.3 Å². The van der Waals surface area contributed by atoms with E-state index in [2.05, 4.69) is 86.6 Å². The summed E-state index contributed by atoms with van der Waals surface area (Å²) in [6, 6.07) is 17.3. The molecule has 0 saturated carbocycles. The number of allylic oxidation sites excluding steroid dienone is 5. The molecule has 0 amide bonds. The van der Waals surface area contributed by atoms with Gasteiger partial charge in [-0.2, -0.15) is 5.57 Å². The summed E-state index contributed by atoms with van der Waals surface area (Å²) in [5.74, 6) is 0.415. The van der Waals surface area contributed by atoms with Gasteiger partial charge in [0.25, 0.3) is 0 Å². The van der Waals surface area contributed by atoms with Crippen LogP contribution < -0.4 is 0 Å². The average Bonchev–Trinajstić information content (AvgIpc) is 3.23. The Morgan fingerprint density at radius 1 is 0.963 bits per heavy atom. The number of hydrogen-bond acceptors (Lipinski definition) is 0. The summed E-state index contributed by atoms with van der Waals surface area (Å²) in [5.41, 5.74) is 8.27. The van der Waals surface area contributed by atoms with Crippen LogP contribution in [0.2, 0.25) is 0 Å². The van der Waals surface area contributed by atoms with Gasteiger partial charge in [-0.15, -0.1) is 24.8 Å². The molecule has 27 heavy (non-hydrogen) atoms. The van der Waals surface area contributed by atoms with Crippen molar-refractivity contribution in [3.8, 4) is 11.1 Å². The van der Waals surface area contributed by atoms with Crippen LogP contribution >= 0.6 is 24.8 Å². The third-order valence-corrected chi connectivity index (χ3v) is 4.44. The number of benzene rings is 2. The maximum atomic E-state index is 3.42. The van der Waals surface area contributed by atoms with Crippen molar-refractivity contribution < 1.29 is 23.3 Å². The third kappa shape index (κ3) is 5.91. The van der Waals surface area contributed by atoms with Gasteiger partial charge in [0.15, 0.2) is 0 Å². The molecule has 0 heterocycles. The third-order valence-electron chi connectivity index (χ3n) is 4.44. The summed E-state index contributed by atoms with van der Waals surface area (Å²) in [5, 5.41) is 0. The Balaban J connectivity index is 0. The fraction of sp³-hybridized carbons (Fsp3) is 0.130. The Morgan fingerprint density at radius 3 is 2.22 bits per heavy atom. The van der Waals surface area contributed by atoms with E-state index in [9.17, 15) is 0 Å². The maximum absolute atomic E-state index is 3.42. The summed E-state index contributed by atoms with van der Waals surface area (Å²) in [7, 11) is 0. The first kappa shape index (κ1) is 28.5. The topological polar surface area (TPSA) is 0 Å². The molecule has 0 nitrogen and oxygen atoms in total. The van der Waals surface area contributed by atoms with Crippen molar-refractivity contribution in [3.63, 3.8) is 0 Å². The van der Waals surface area contributed by atoms with Crippen molar-refractivity contribution in [3.05, 3.63) is 104 Å². The second kappa shape index (κ2) is 13.5. The molecule has 4 heteroatoms. The second-order valence-corrected chi connectivity index (χ2v) is 5.77. The monoisotopic (exact) mass is 489 g/mol. The minimum atomic E-state index is 0. The van der Waals surface area contributed by atoms with Gasteiger partial charge in [-0.1, -0.05) is 66.6 Å². The molecule has 2 aromatic carbocycles. The van der Waals surface area contributed by atoms with Crippen molar-refractivity contribution in [2.75, 3.05) is 0 Å². The molecule has 2 aromatic rings. The van der Waals surface area contributed by atoms with Crippen LogP contribution in [-0.2, 0) is 23.3 Å². The Bertz CT molecular complexity index is 810. The number of hydrogen-bond donors (Lipinski definition) is 0. The fourth-order valence-corrected chi connectivity index (χ4v) is 3.50. The van der Waals surface area contributed by atoms with Crippen molar-refractivity contribution in [1.82, 2.24) is 0 Å². The second-order valence-electron chi connectivity index (χ2n) is 5.77. The average molecular weight is 492 g/mol. The molecule has 0 N–H and O–H groups in total. The van der Waals surface area contributed by atoms with Crippen LogP contribution in [0.3, 0.4) is 0 Å². The summed E-state index contributed by atoms with van der Waals surface area (Å²) in [4.78, 5) is 0. The van der Waals surface area contributed by atoms with Crippen molar-refractivity contribution in [1.29, 1.82) is 0 Å². The van der Waals surface area contributed by atoms with Gasteiger partial charge in [0.05, 0.1) is 0 Å². The van der Waals surface area contributed by atoms with E-state index in [4.69, 9.17) is 0 Å². The zero-order valence-corrected chi connectivity index (χ0v) is 21.0. The summed E-state index contributed by atoms with van der Waals surface area (Å²) >= 11 is 1.36. The molecule has 0 bridgehead atoms. The molecule has 2 radical (unpaired) electrons. The molecule has 0 saturated heterocycles. The number of rotatable bonds is 2. The Morgan fingerprint density at radius 2 is 1.63 bits per heavy atom. The van der Waals surface area contributed by atoms with Gasteiger partial charge < -0.3 is 14.9 Å². The Hall–Kier alpha value is -0.660. The molecule has 0 spiro atoms. The number of halogens is 2. The van der Waals surface area contributed by atoms with E-state index < -0.39 is 0 Å². The van der Waals surface area contributed by atoms with E-state index in [-0.39, 0.29) is 39.7 Å². The van der Waals surface area contributed by atoms with Gasteiger partial charge in [0, 0.05) is 5.92 Å². The zero-order valence-electron chi connectivity index (χ0n) is 16.0. The molecule has 4 rings (SSSR count). The van der Waals surface area contributed by atoms with Gasteiger partial charge in [-0.25, -0.2) is 12.2 Å². The summed E-state index contributed by atoms with van der Waals surface area (Å²) in [6.07, 6.45) is 11.1. The quantitative estimate of drug-likeness (QED) is 0.316. The van der Waals surface area contributed by atoms with Crippen LogP contribution in [0.5, 0.6) is 0 Å². The first-order valence-corrected chi connectivity index (χ1v) is 11.9. The molecule has 2 aliphatic carbocycles. The first-order valence-electron chi connectivity index (χ1n) is 7.73. The number of fused-ring (bicyclic) bond motifs is 1. The van der Waals surface area contributed by atoms with E-state index in [1.165, 1.54) is 56.7 Å². The van der Waals surface area contributed by atoms with E-state index in [0.717, 1.165) is 6.42 Å². The van der Waals surface area contributed by atoms with Gasteiger partial charge in [0.1, 0.15) is 0 Å². The molecule has 1 atom stereocenters. The van der Waals surface area contributed by atoms with Gasteiger partial charge >= 0.3 is 30.2 Å². The molecule has 0 fully saturated rings. The first-order chi connectivity index (χ1) is 11.3. The van der Waals surface area contributed by atoms with E-state index in [1.807, 2.05) is 0 Å². The van der Waals surface area contributed by atoms with Crippen LogP contribution in [0.1, 0.15) is 30.4 Å². The molecular formula is C23H25Cl2SiZr-3. The van der Waals surface area contributed by atoms with E-state index in [1.54, 1.807) is 0 Å².